The van der Waals surface area contributed by atoms with Crippen molar-refractivity contribution in [2.45, 2.75) is 13.1 Å². The van der Waals surface area contributed by atoms with Gasteiger partial charge in [-0.2, -0.15) is 13.2 Å². The number of benzene rings is 1. The van der Waals surface area contributed by atoms with Crippen molar-refractivity contribution in [3.63, 3.8) is 0 Å². The summed E-state index contributed by atoms with van der Waals surface area (Å²) in [6.45, 7) is 1.17. The monoisotopic (exact) mass is 278 g/mol. The van der Waals surface area contributed by atoms with Gasteiger partial charge in [0.05, 0.1) is 5.02 Å². The zero-order chi connectivity index (χ0) is 13.7. The number of hydrogen-bond acceptors (Lipinski definition) is 2. The minimum absolute atomic E-state index is 0.00201. The maximum atomic E-state index is 13.5. The van der Waals surface area contributed by atoms with E-state index in [0.717, 1.165) is 6.07 Å². The van der Waals surface area contributed by atoms with Gasteiger partial charge in [-0.25, -0.2) is 9.37 Å². The first-order valence-electron chi connectivity index (χ1n) is 4.84. The molecule has 1 aromatic heterocycles. The fourth-order valence-corrected chi connectivity index (χ4v) is 1.95. The lowest BCUT2D eigenvalue weighted by atomic mass is 10.1. The zero-order valence-corrected chi connectivity index (χ0v) is 9.83. The average Bonchev–Trinajstić information content (AvgIpc) is 2.26. The van der Waals surface area contributed by atoms with Crippen LogP contribution in [0.25, 0.3) is 10.9 Å². The molecule has 0 radical (unpaired) electrons. The number of halogens is 5. The fourth-order valence-electron chi connectivity index (χ4n) is 1.69. The predicted molar refractivity (Wildman–Crippen MR) is 60.9 cm³/mol. The van der Waals surface area contributed by atoms with Gasteiger partial charge in [-0.15, -0.1) is 0 Å². The van der Waals surface area contributed by atoms with Gasteiger partial charge >= 0.3 is 6.18 Å². The molecule has 2 rings (SSSR count). The minimum atomic E-state index is -4.69. The van der Waals surface area contributed by atoms with Crippen molar-refractivity contribution < 1.29 is 17.6 Å². The van der Waals surface area contributed by atoms with Crippen molar-refractivity contribution >= 4 is 28.2 Å². The molecule has 1 aromatic carbocycles. The fraction of sp³-hybridized carbons (Fsp3) is 0.182. The van der Waals surface area contributed by atoms with E-state index in [1.165, 1.54) is 13.0 Å². The summed E-state index contributed by atoms with van der Waals surface area (Å²) in [5.41, 5.74) is 3.45. The molecule has 0 saturated heterocycles. The summed E-state index contributed by atoms with van der Waals surface area (Å²) < 4.78 is 51.6. The molecular weight excluding hydrogens is 272 g/mol. The van der Waals surface area contributed by atoms with Gasteiger partial charge in [-0.3, -0.25) is 0 Å². The quantitative estimate of drug-likeness (QED) is 0.742. The molecule has 7 heteroatoms. The molecule has 0 aliphatic heterocycles. The summed E-state index contributed by atoms with van der Waals surface area (Å²) >= 11 is 5.80. The van der Waals surface area contributed by atoms with Crippen molar-refractivity contribution in [2.75, 3.05) is 5.73 Å². The Balaban J connectivity index is 2.97. The highest BCUT2D eigenvalue weighted by molar-refractivity contribution is 6.36. The van der Waals surface area contributed by atoms with Crippen LogP contribution in [0.5, 0.6) is 0 Å². The minimum Gasteiger partial charge on any atom is -0.398 e. The topological polar surface area (TPSA) is 38.9 Å². The van der Waals surface area contributed by atoms with Gasteiger partial charge in [0.1, 0.15) is 17.0 Å². The molecule has 96 valence electrons. The molecule has 0 atom stereocenters. The largest absolute Gasteiger partial charge is 0.433 e. The first-order chi connectivity index (χ1) is 8.23. The van der Waals surface area contributed by atoms with Gasteiger partial charge in [-0.05, 0) is 19.1 Å². The molecule has 0 amide bonds. The Kier molecular flexibility index (Phi) is 2.85. The standard InChI is InChI=1S/C11H7ClF4N2/c1-4-8(17)7-5(12)2-3-6(13)9(7)18-10(4)11(14,15)16/h2-3H,1H3,(H2,17,18). The number of rotatable bonds is 0. The molecule has 2 aromatic rings. The Morgan fingerprint density at radius 2 is 1.89 bits per heavy atom. The SMILES string of the molecule is Cc1c(C(F)(F)F)nc2c(F)ccc(Cl)c2c1N. The van der Waals surface area contributed by atoms with Crippen LogP contribution in [0.3, 0.4) is 0 Å². The highest BCUT2D eigenvalue weighted by Gasteiger charge is 2.36. The summed E-state index contributed by atoms with van der Waals surface area (Å²) in [5.74, 6) is -0.897. The molecule has 2 N–H and O–H groups in total. The third-order valence-corrected chi connectivity index (χ3v) is 2.91. The Labute approximate surface area is 104 Å². The molecule has 18 heavy (non-hydrogen) atoms. The molecule has 0 unspecified atom stereocenters. The van der Waals surface area contributed by atoms with Crippen molar-refractivity contribution in [2.24, 2.45) is 0 Å². The lowest BCUT2D eigenvalue weighted by molar-refractivity contribution is -0.141. The smallest absolute Gasteiger partial charge is 0.398 e. The molecule has 0 saturated carbocycles. The van der Waals surface area contributed by atoms with Crippen molar-refractivity contribution in [1.29, 1.82) is 0 Å². The first-order valence-corrected chi connectivity index (χ1v) is 5.22. The molecule has 0 spiro atoms. The van der Waals surface area contributed by atoms with Crippen LogP contribution in [0.4, 0.5) is 23.2 Å². The third kappa shape index (κ3) is 1.86. The second-order valence-corrected chi connectivity index (χ2v) is 4.16. The number of nitrogen functional groups attached to an aromatic ring is 1. The van der Waals surface area contributed by atoms with Gasteiger partial charge in [-0.1, -0.05) is 11.6 Å². The highest BCUT2D eigenvalue weighted by atomic mass is 35.5. The van der Waals surface area contributed by atoms with E-state index in [0.29, 0.717) is 0 Å². The summed E-state index contributed by atoms with van der Waals surface area (Å²) in [4.78, 5) is 3.30. The molecule has 0 aliphatic carbocycles. The summed E-state index contributed by atoms with van der Waals surface area (Å²) in [6, 6.07) is 2.18. The summed E-state index contributed by atoms with van der Waals surface area (Å²) in [6.07, 6.45) is -4.69. The number of hydrogen-bond donors (Lipinski definition) is 1. The predicted octanol–water partition coefficient (Wildman–Crippen LogP) is 3.94. The van der Waals surface area contributed by atoms with E-state index in [-0.39, 0.29) is 21.7 Å². The number of alkyl halides is 3. The van der Waals surface area contributed by atoms with Crippen molar-refractivity contribution in [3.05, 3.63) is 34.2 Å². The van der Waals surface area contributed by atoms with Crippen LogP contribution in [0.15, 0.2) is 12.1 Å². The van der Waals surface area contributed by atoms with Crippen LogP contribution in [0.2, 0.25) is 5.02 Å². The maximum Gasteiger partial charge on any atom is 0.433 e. The Hall–Kier alpha value is -1.56. The summed E-state index contributed by atoms with van der Waals surface area (Å²) in [5, 5.41) is 0.0652. The molecule has 0 fully saturated rings. The summed E-state index contributed by atoms with van der Waals surface area (Å²) in [7, 11) is 0. The number of aromatic nitrogens is 1. The molecular formula is C11H7ClF4N2. The van der Waals surface area contributed by atoms with E-state index < -0.39 is 23.2 Å². The van der Waals surface area contributed by atoms with Crippen LogP contribution in [-0.2, 0) is 6.18 Å². The first kappa shape index (κ1) is 12.9. The molecule has 1 heterocycles. The second-order valence-electron chi connectivity index (χ2n) is 3.75. The van der Waals surface area contributed by atoms with Gasteiger partial charge in [0.15, 0.2) is 0 Å². The Bertz CT molecular complexity index is 637. The van der Waals surface area contributed by atoms with Gasteiger partial charge in [0.2, 0.25) is 0 Å². The van der Waals surface area contributed by atoms with Crippen LogP contribution < -0.4 is 5.73 Å². The third-order valence-electron chi connectivity index (χ3n) is 2.60. The van der Waals surface area contributed by atoms with E-state index in [9.17, 15) is 17.6 Å². The van der Waals surface area contributed by atoms with E-state index >= 15 is 0 Å². The lowest BCUT2D eigenvalue weighted by Crippen LogP contribution is -2.13. The van der Waals surface area contributed by atoms with E-state index in [1.54, 1.807) is 0 Å². The Morgan fingerprint density at radius 1 is 1.28 bits per heavy atom. The van der Waals surface area contributed by atoms with Crippen molar-refractivity contribution in [1.82, 2.24) is 4.98 Å². The maximum absolute atomic E-state index is 13.5. The number of pyridine rings is 1. The number of nitrogens with two attached hydrogens (primary N) is 1. The normalized spacial score (nSPS) is 12.1. The Morgan fingerprint density at radius 3 is 2.44 bits per heavy atom. The number of nitrogens with zero attached hydrogens (tertiary/aromatic N) is 1. The van der Waals surface area contributed by atoms with Gasteiger partial charge in [0.25, 0.3) is 0 Å². The molecule has 0 aliphatic rings. The van der Waals surface area contributed by atoms with Gasteiger partial charge in [0, 0.05) is 16.6 Å². The van der Waals surface area contributed by atoms with Crippen molar-refractivity contribution in [3.8, 4) is 0 Å². The number of fused-ring (bicyclic) bond motifs is 1. The van der Waals surface area contributed by atoms with Crippen LogP contribution in [0, 0.1) is 12.7 Å². The molecule has 0 bridgehead atoms. The van der Waals surface area contributed by atoms with Crippen LogP contribution in [0.1, 0.15) is 11.3 Å². The lowest BCUT2D eigenvalue weighted by Gasteiger charge is -2.14. The van der Waals surface area contributed by atoms with E-state index in [4.69, 9.17) is 17.3 Å². The number of anilines is 1. The molecule has 2 nitrogen and oxygen atoms in total. The van der Waals surface area contributed by atoms with Crippen LogP contribution in [-0.4, -0.2) is 4.98 Å². The van der Waals surface area contributed by atoms with Gasteiger partial charge < -0.3 is 5.73 Å². The van der Waals surface area contributed by atoms with E-state index in [1.807, 2.05) is 0 Å². The second kappa shape index (κ2) is 3.98. The van der Waals surface area contributed by atoms with Crippen LogP contribution >= 0.6 is 11.6 Å². The van der Waals surface area contributed by atoms with E-state index in [2.05, 4.69) is 4.98 Å². The zero-order valence-electron chi connectivity index (χ0n) is 9.07. The highest BCUT2D eigenvalue weighted by Crippen LogP contribution is 2.38. The average molecular weight is 279 g/mol.